The lowest BCUT2D eigenvalue weighted by Gasteiger charge is -1.96. The predicted molar refractivity (Wildman–Crippen MR) is 42.2 cm³/mol. The van der Waals surface area contributed by atoms with Gasteiger partial charge in [0.2, 0.25) is 0 Å². The summed E-state index contributed by atoms with van der Waals surface area (Å²) in [6.45, 7) is 6.40. The zero-order chi connectivity index (χ0) is 9.56. The summed E-state index contributed by atoms with van der Waals surface area (Å²) in [5, 5.41) is 8.27. The molecule has 0 aliphatic carbocycles. The smallest absolute Gasteiger partial charge is 0.343 e. The molecule has 0 fully saturated rings. The highest BCUT2D eigenvalue weighted by molar-refractivity contribution is 5.98. The first-order valence-corrected chi connectivity index (χ1v) is 3.00. The normalized spacial score (nSPS) is 10.2. The van der Waals surface area contributed by atoms with Gasteiger partial charge in [0, 0.05) is 6.08 Å². The predicted octanol–water partition coefficient (Wildman–Crippen LogP) is 0.870. The molecular weight excluding hydrogens is 160 g/mol. The van der Waals surface area contributed by atoms with Crippen LogP contribution in [0.25, 0.3) is 0 Å². The topological polar surface area (TPSA) is 63.6 Å². The van der Waals surface area contributed by atoms with Gasteiger partial charge in [-0.2, -0.15) is 0 Å². The second kappa shape index (κ2) is 4.90. The molecule has 0 saturated carbocycles. The van der Waals surface area contributed by atoms with Gasteiger partial charge in [-0.1, -0.05) is 19.2 Å². The number of carboxylic acid groups (broad SMARTS) is 1. The highest BCUT2D eigenvalue weighted by Gasteiger charge is 2.07. The first-order valence-electron chi connectivity index (χ1n) is 3.00. The van der Waals surface area contributed by atoms with Gasteiger partial charge in [0.25, 0.3) is 0 Å². The minimum absolute atomic E-state index is 0.123. The van der Waals surface area contributed by atoms with Gasteiger partial charge in [0.05, 0.1) is 11.8 Å². The minimum Gasteiger partial charge on any atom is -0.478 e. The summed E-state index contributed by atoms with van der Waals surface area (Å²) < 4.78 is 4.32. The van der Waals surface area contributed by atoms with E-state index in [2.05, 4.69) is 17.9 Å². The van der Waals surface area contributed by atoms with E-state index in [1.54, 1.807) is 0 Å². The van der Waals surface area contributed by atoms with Crippen molar-refractivity contribution < 1.29 is 19.4 Å². The van der Waals surface area contributed by atoms with E-state index in [-0.39, 0.29) is 5.57 Å². The molecule has 0 heterocycles. The Morgan fingerprint density at radius 3 is 2.25 bits per heavy atom. The summed E-state index contributed by atoms with van der Waals surface area (Å²) in [4.78, 5) is 20.9. The van der Waals surface area contributed by atoms with Gasteiger partial charge in [0.15, 0.2) is 0 Å². The number of rotatable bonds is 4. The minimum atomic E-state index is -1.23. The fraction of sp³-hybridized carbons (Fsp3) is 0. The molecule has 0 bridgehead atoms. The molecule has 0 aromatic rings. The molecule has 0 spiro atoms. The van der Waals surface area contributed by atoms with Crippen LogP contribution in [0.4, 0.5) is 0 Å². The van der Waals surface area contributed by atoms with Crippen molar-refractivity contribution in [1.29, 1.82) is 0 Å². The van der Waals surface area contributed by atoms with E-state index in [1.807, 2.05) is 0 Å². The fourth-order valence-corrected chi connectivity index (χ4v) is 0.478. The van der Waals surface area contributed by atoms with Crippen LogP contribution in [-0.2, 0) is 14.3 Å². The lowest BCUT2D eigenvalue weighted by molar-refractivity contribution is -0.135. The van der Waals surface area contributed by atoms with Crippen LogP contribution in [0, 0.1) is 0 Å². The van der Waals surface area contributed by atoms with Crippen LogP contribution in [-0.4, -0.2) is 17.0 Å². The lowest BCUT2D eigenvalue weighted by Crippen LogP contribution is -2.04. The lowest BCUT2D eigenvalue weighted by atomic mass is 10.2. The second-order valence-electron chi connectivity index (χ2n) is 1.71. The Balaban J connectivity index is 4.55. The van der Waals surface area contributed by atoms with E-state index in [1.165, 1.54) is 0 Å². The van der Waals surface area contributed by atoms with Crippen LogP contribution in [0.5, 0.6) is 0 Å². The molecule has 0 aliphatic heterocycles. The van der Waals surface area contributed by atoms with Crippen molar-refractivity contribution in [3.8, 4) is 0 Å². The Kier molecular flexibility index (Phi) is 4.15. The molecular formula is C8H8O4. The van der Waals surface area contributed by atoms with Crippen LogP contribution in [0.3, 0.4) is 0 Å². The second-order valence-corrected chi connectivity index (χ2v) is 1.71. The van der Waals surface area contributed by atoms with Crippen LogP contribution >= 0.6 is 0 Å². The van der Waals surface area contributed by atoms with Gasteiger partial charge < -0.3 is 9.84 Å². The summed E-state index contributed by atoms with van der Waals surface area (Å²) in [7, 11) is 0. The van der Waals surface area contributed by atoms with Gasteiger partial charge in [-0.15, -0.1) is 0 Å². The van der Waals surface area contributed by atoms with Gasteiger partial charge in [-0.3, -0.25) is 0 Å². The maximum Gasteiger partial charge on any atom is 0.343 e. The Morgan fingerprint density at radius 2 is 1.92 bits per heavy atom. The molecule has 64 valence electrons. The molecule has 0 radical (unpaired) electrons. The SMILES string of the molecule is C=COC(=O)C(C=C)=CC(=O)O. The zero-order valence-electron chi connectivity index (χ0n) is 6.32. The summed E-state index contributed by atoms with van der Waals surface area (Å²) in [5.74, 6) is -2.02. The number of aliphatic carboxylic acids is 1. The van der Waals surface area contributed by atoms with Crippen molar-refractivity contribution in [3.63, 3.8) is 0 Å². The monoisotopic (exact) mass is 168 g/mol. The van der Waals surface area contributed by atoms with Crippen molar-refractivity contribution in [2.24, 2.45) is 0 Å². The summed E-state index contributed by atoms with van der Waals surface area (Å²) in [6.07, 6.45) is 2.72. The van der Waals surface area contributed by atoms with Crippen LogP contribution < -0.4 is 0 Å². The molecule has 0 aliphatic rings. The van der Waals surface area contributed by atoms with Crippen molar-refractivity contribution in [3.05, 3.63) is 37.1 Å². The molecule has 12 heavy (non-hydrogen) atoms. The molecule has 0 unspecified atom stereocenters. The van der Waals surface area contributed by atoms with E-state index in [4.69, 9.17) is 5.11 Å². The largest absolute Gasteiger partial charge is 0.478 e. The molecule has 0 amide bonds. The number of hydrogen-bond donors (Lipinski definition) is 1. The molecule has 0 rings (SSSR count). The Hall–Kier alpha value is -1.84. The number of hydrogen-bond acceptors (Lipinski definition) is 3. The van der Waals surface area contributed by atoms with E-state index >= 15 is 0 Å². The average Bonchev–Trinajstić information content (AvgIpc) is 2.00. The van der Waals surface area contributed by atoms with Crippen molar-refractivity contribution in [2.75, 3.05) is 0 Å². The van der Waals surface area contributed by atoms with Gasteiger partial charge in [0.1, 0.15) is 0 Å². The van der Waals surface area contributed by atoms with E-state index in [9.17, 15) is 9.59 Å². The van der Waals surface area contributed by atoms with Gasteiger partial charge >= 0.3 is 11.9 Å². The third-order valence-electron chi connectivity index (χ3n) is 0.925. The molecule has 0 aromatic carbocycles. The summed E-state index contributed by atoms with van der Waals surface area (Å²) >= 11 is 0. The fourth-order valence-electron chi connectivity index (χ4n) is 0.478. The van der Waals surface area contributed by atoms with Crippen molar-refractivity contribution >= 4 is 11.9 Å². The van der Waals surface area contributed by atoms with Crippen LogP contribution in [0.2, 0.25) is 0 Å². The van der Waals surface area contributed by atoms with Crippen molar-refractivity contribution in [1.82, 2.24) is 0 Å². The third-order valence-corrected chi connectivity index (χ3v) is 0.925. The van der Waals surface area contributed by atoms with E-state index in [0.717, 1.165) is 12.3 Å². The molecule has 0 atom stereocenters. The Morgan fingerprint density at radius 1 is 1.33 bits per heavy atom. The maximum atomic E-state index is 10.8. The molecule has 0 saturated heterocycles. The summed E-state index contributed by atoms with van der Waals surface area (Å²) in [6, 6.07) is 0. The van der Waals surface area contributed by atoms with Gasteiger partial charge in [-0.05, 0) is 0 Å². The molecule has 0 aromatic heterocycles. The average molecular weight is 168 g/mol. The number of carbonyl (C=O) groups is 2. The van der Waals surface area contributed by atoms with E-state index < -0.39 is 11.9 Å². The van der Waals surface area contributed by atoms with Crippen molar-refractivity contribution in [2.45, 2.75) is 0 Å². The standard InChI is InChI=1S/C8H8O4/c1-3-6(5-7(9)10)8(11)12-4-2/h3-5H,1-2H2,(H,9,10). The number of ether oxygens (including phenoxy) is 1. The molecule has 4 nitrogen and oxygen atoms in total. The molecule has 4 heteroatoms. The highest BCUT2D eigenvalue weighted by atomic mass is 16.5. The quantitative estimate of drug-likeness (QED) is 0.293. The van der Waals surface area contributed by atoms with Crippen LogP contribution in [0.15, 0.2) is 37.1 Å². The number of esters is 1. The number of carboxylic acids is 1. The Labute approximate surface area is 69.5 Å². The van der Waals surface area contributed by atoms with Crippen LogP contribution in [0.1, 0.15) is 0 Å². The third kappa shape index (κ3) is 3.36. The van der Waals surface area contributed by atoms with E-state index in [0.29, 0.717) is 6.08 Å². The summed E-state index contributed by atoms with van der Waals surface area (Å²) in [5.41, 5.74) is -0.123. The number of carbonyl (C=O) groups excluding carboxylic acids is 1. The Bertz CT molecular complexity index is 250. The highest BCUT2D eigenvalue weighted by Crippen LogP contribution is 1.99. The zero-order valence-corrected chi connectivity index (χ0v) is 6.32. The van der Waals surface area contributed by atoms with Gasteiger partial charge in [-0.25, -0.2) is 9.59 Å². The molecule has 1 N–H and O–H groups in total. The maximum absolute atomic E-state index is 10.8. The first-order chi connectivity index (χ1) is 5.61. The first kappa shape index (κ1) is 10.2.